The predicted molar refractivity (Wildman–Crippen MR) is 93.4 cm³/mol. The van der Waals surface area contributed by atoms with Crippen molar-refractivity contribution in [3.8, 4) is 0 Å². The van der Waals surface area contributed by atoms with Gasteiger partial charge in [-0.3, -0.25) is 19.3 Å². The molecule has 0 radical (unpaired) electrons. The zero-order valence-corrected chi connectivity index (χ0v) is 14.2. The molecule has 0 saturated carbocycles. The Kier molecular flexibility index (Phi) is 4.61. The Morgan fingerprint density at radius 2 is 1.88 bits per heavy atom. The van der Waals surface area contributed by atoms with Crippen LogP contribution in [0.1, 0.15) is 44.7 Å². The van der Waals surface area contributed by atoms with E-state index >= 15 is 0 Å². The van der Waals surface area contributed by atoms with Crippen LogP contribution in [0.3, 0.4) is 0 Å². The van der Waals surface area contributed by atoms with Gasteiger partial charge in [-0.15, -0.1) is 0 Å². The molecule has 0 bridgehead atoms. The van der Waals surface area contributed by atoms with Crippen LogP contribution < -0.4 is 5.32 Å². The van der Waals surface area contributed by atoms with Crippen LogP contribution in [0.25, 0.3) is 0 Å². The number of benzene rings is 1. The van der Waals surface area contributed by atoms with Gasteiger partial charge in [-0.2, -0.15) is 0 Å². The molecule has 128 valence electrons. The molecule has 6 heteroatoms. The normalized spacial score (nSPS) is 13.1. The molecular formula is C19H19N3O3. The monoisotopic (exact) mass is 337 g/mol. The molecule has 0 saturated heterocycles. The Labute approximate surface area is 145 Å². The van der Waals surface area contributed by atoms with Crippen molar-refractivity contribution in [1.29, 1.82) is 0 Å². The molecule has 6 nitrogen and oxygen atoms in total. The number of aryl methyl sites for hydroxylation is 2. The van der Waals surface area contributed by atoms with Crippen molar-refractivity contribution >= 4 is 23.5 Å². The van der Waals surface area contributed by atoms with E-state index in [4.69, 9.17) is 0 Å². The number of carbonyl (C=O) groups is 3. The first-order valence-electron chi connectivity index (χ1n) is 8.15. The molecule has 1 aliphatic rings. The van der Waals surface area contributed by atoms with Gasteiger partial charge in [0.1, 0.15) is 5.82 Å². The summed E-state index contributed by atoms with van der Waals surface area (Å²) in [4.78, 5) is 42.0. The van der Waals surface area contributed by atoms with Gasteiger partial charge in [-0.05, 0) is 44.0 Å². The van der Waals surface area contributed by atoms with Gasteiger partial charge in [0.05, 0.1) is 11.1 Å². The maximum atomic E-state index is 12.4. The maximum Gasteiger partial charge on any atom is 0.261 e. The molecular weight excluding hydrogens is 318 g/mol. The van der Waals surface area contributed by atoms with Gasteiger partial charge in [0.25, 0.3) is 11.8 Å². The summed E-state index contributed by atoms with van der Waals surface area (Å²) in [7, 11) is 0. The van der Waals surface area contributed by atoms with Gasteiger partial charge >= 0.3 is 0 Å². The lowest BCUT2D eigenvalue weighted by atomic mass is 10.1. The highest BCUT2D eigenvalue weighted by molar-refractivity contribution is 6.21. The van der Waals surface area contributed by atoms with E-state index in [2.05, 4.69) is 10.3 Å². The zero-order valence-electron chi connectivity index (χ0n) is 14.2. The smallest absolute Gasteiger partial charge is 0.261 e. The third-order valence-corrected chi connectivity index (χ3v) is 4.18. The summed E-state index contributed by atoms with van der Waals surface area (Å²) in [6.45, 7) is 3.97. The van der Waals surface area contributed by atoms with Crippen molar-refractivity contribution in [2.24, 2.45) is 0 Å². The van der Waals surface area contributed by atoms with Crippen LogP contribution in [0.5, 0.6) is 0 Å². The predicted octanol–water partition coefficient (Wildman–Crippen LogP) is 2.71. The summed E-state index contributed by atoms with van der Waals surface area (Å²) >= 11 is 0. The Morgan fingerprint density at radius 1 is 1.12 bits per heavy atom. The number of fused-ring (bicyclic) bond motifs is 1. The van der Waals surface area contributed by atoms with Crippen LogP contribution in [-0.2, 0) is 4.79 Å². The lowest BCUT2D eigenvalue weighted by Gasteiger charge is -2.13. The third-order valence-electron chi connectivity index (χ3n) is 4.18. The van der Waals surface area contributed by atoms with E-state index in [1.54, 1.807) is 24.4 Å². The highest BCUT2D eigenvalue weighted by Gasteiger charge is 2.34. The zero-order chi connectivity index (χ0) is 18.0. The first-order valence-corrected chi connectivity index (χ1v) is 8.15. The minimum Gasteiger partial charge on any atom is -0.310 e. The summed E-state index contributed by atoms with van der Waals surface area (Å²) in [6, 6.07) is 8.89. The molecule has 2 heterocycles. The molecule has 25 heavy (non-hydrogen) atoms. The number of imide groups is 1. The quantitative estimate of drug-likeness (QED) is 0.851. The lowest BCUT2D eigenvalue weighted by Crippen LogP contribution is -2.31. The van der Waals surface area contributed by atoms with E-state index in [1.165, 1.54) is 4.90 Å². The number of anilines is 1. The number of hydrogen-bond acceptors (Lipinski definition) is 4. The minimum atomic E-state index is -0.291. The number of hydrogen-bond donors (Lipinski definition) is 1. The second-order valence-corrected chi connectivity index (χ2v) is 6.13. The maximum absolute atomic E-state index is 12.4. The van der Waals surface area contributed by atoms with Gasteiger partial charge in [-0.1, -0.05) is 17.7 Å². The fourth-order valence-electron chi connectivity index (χ4n) is 2.82. The second-order valence-electron chi connectivity index (χ2n) is 6.13. The average molecular weight is 337 g/mol. The van der Waals surface area contributed by atoms with E-state index in [0.717, 1.165) is 11.1 Å². The van der Waals surface area contributed by atoms with Crippen molar-refractivity contribution in [2.75, 3.05) is 11.9 Å². The summed E-state index contributed by atoms with van der Waals surface area (Å²) < 4.78 is 0. The fourth-order valence-corrected chi connectivity index (χ4v) is 2.82. The van der Waals surface area contributed by atoms with E-state index in [9.17, 15) is 14.4 Å². The summed E-state index contributed by atoms with van der Waals surface area (Å²) in [5.74, 6) is -0.233. The van der Waals surface area contributed by atoms with Crippen LogP contribution in [0.2, 0.25) is 0 Å². The van der Waals surface area contributed by atoms with Crippen LogP contribution in [-0.4, -0.2) is 34.2 Å². The number of nitrogens with one attached hydrogen (secondary N) is 1. The number of pyridine rings is 1. The molecule has 0 atom stereocenters. The van der Waals surface area contributed by atoms with Crippen molar-refractivity contribution in [1.82, 2.24) is 9.88 Å². The highest BCUT2D eigenvalue weighted by atomic mass is 16.2. The largest absolute Gasteiger partial charge is 0.310 e. The Hall–Kier alpha value is -3.02. The van der Waals surface area contributed by atoms with Gasteiger partial charge < -0.3 is 5.32 Å². The lowest BCUT2D eigenvalue weighted by molar-refractivity contribution is -0.116. The van der Waals surface area contributed by atoms with Gasteiger partial charge in [0, 0.05) is 19.2 Å². The van der Waals surface area contributed by atoms with Gasteiger partial charge in [0.2, 0.25) is 5.91 Å². The molecule has 1 N–H and O–H groups in total. The molecule has 0 unspecified atom stereocenters. The Bertz CT molecular complexity index is 861. The van der Waals surface area contributed by atoms with Crippen LogP contribution in [0.4, 0.5) is 5.82 Å². The number of aromatic nitrogens is 1. The number of nitrogens with zero attached hydrogens (tertiary/aromatic N) is 2. The second kappa shape index (κ2) is 6.84. The van der Waals surface area contributed by atoms with Crippen molar-refractivity contribution in [2.45, 2.75) is 26.7 Å². The van der Waals surface area contributed by atoms with Crippen molar-refractivity contribution in [3.05, 3.63) is 58.8 Å². The number of carbonyl (C=O) groups excluding carboxylic acids is 3. The topological polar surface area (TPSA) is 79.4 Å². The Balaban J connectivity index is 1.56. The van der Waals surface area contributed by atoms with Crippen molar-refractivity contribution in [3.63, 3.8) is 0 Å². The van der Waals surface area contributed by atoms with E-state index in [-0.39, 0.29) is 30.7 Å². The summed E-state index contributed by atoms with van der Waals surface area (Å²) in [5, 5.41) is 2.74. The van der Waals surface area contributed by atoms with Gasteiger partial charge in [-0.25, -0.2) is 4.98 Å². The molecule has 2 aromatic rings. The number of rotatable bonds is 5. The SMILES string of the molecule is Cc1ccc2c(c1)C(=O)N(CCCC(=O)Nc1ncccc1C)C2=O. The van der Waals surface area contributed by atoms with Crippen LogP contribution in [0.15, 0.2) is 36.5 Å². The molecule has 1 aromatic carbocycles. The van der Waals surface area contributed by atoms with Crippen LogP contribution >= 0.6 is 0 Å². The van der Waals surface area contributed by atoms with Gasteiger partial charge in [0.15, 0.2) is 0 Å². The fraction of sp³-hybridized carbons (Fsp3) is 0.263. The molecule has 0 fully saturated rings. The molecule has 0 spiro atoms. The number of amides is 3. The van der Waals surface area contributed by atoms with Crippen molar-refractivity contribution < 1.29 is 14.4 Å². The summed E-state index contributed by atoms with van der Waals surface area (Å²) in [5.41, 5.74) is 2.70. The highest BCUT2D eigenvalue weighted by Crippen LogP contribution is 2.24. The molecule has 3 amide bonds. The molecule has 1 aliphatic heterocycles. The third kappa shape index (κ3) is 3.42. The first kappa shape index (κ1) is 16.8. The molecule has 0 aliphatic carbocycles. The Morgan fingerprint density at radius 3 is 2.64 bits per heavy atom. The summed E-state index contributed by atoms with van der Waals surface area (Å²) in [6.07, 6.45) is 2.23. The molecule has 1 aromatic heterocycles. The molecule has 3 rings (SSSR count). The average Bonchev–Trinajstić information content (AvgIpc) is 2.81. The van der Waals surface area contributed by atoms with E-state index in [1.807, 2.05) is 26.0 Å². The first-order chi connectivity index (χ1) is 12.0. The van der Waals surface area contributed by atoms with E-state index in [0.29, 0.717) is 23.4 Å². The minimum absolute atomic E-state index is 0.186. The standard InChI is InChI=1S/C19H19N3O3/c1-12-7-8-14-15(11-12)19(25)22(18(14)24)10-4-6-16(23)21-17-13(2)5-3-9-20-17/h3,5,7-9,11H,4,6,10H2,1-2H3,(H,20,21,23). The van der Waals surface area contributed by atoms with Crippen LogP contribution in [0, 0.1) is 13.8 Å². The van der Waals surface area contributed by atoms with E-state index < -0.39 is 0 Å².